The normalized spacial score (nSPS) is 10.6. The molecule has 0 spiro atoms. The van der Waals surface area contributed by atoms with Crippen molar-refractivity contribution < 1.29 is 0 Å². The van der Waals surface area contributed by atoms with E-state index in [1.165, 1.54) is 20.5 Å². The molecule has 0 atom stereocenters. The lowest BCUT2D eigenvalue weighted by molar-refractivity contribution is 0.815. The molecular formula is C15H16BrNS. The monoisotopic (exact) mass is 321 g/mol. The zero-order chi connectivity index (χ0) is 12.8. The SMILES string of the molecule is CNCc1cccc(SCc2ccccc2Br)c1. The van der Waals surface area contributed by atoms with Crippen molar-refractivity contribution >= 4 is 27.7 Å². The van der Waals surface area contributed by atoms with E-state index in [0.717, 1.165) is 12.3 Å². The molecule has 0 aliphatic carbocycles. The van der Waals surface area contributed by atoms with E-state index >= 15 is 0 Å². The van der Waals surface area contributed by atoms with Crippen LogP contribution < -0.4 is 5.32 Å². The van der Waals surface area contributed by atoms with Crippen LogP contribution in [0.3, 0.4) is 0 Å². The minimum Gasteiger partial charge on any atom is -0.316 e. The van der Waals surface area contributed by atoms with Gasteiger partial charge in [-0.1, -0.05) is 46.3 Å². The van der Waals surface area contributed by atoms with Crippen molar-refractivity contribution in [2.24, 2.45) is 0 Å². The summed E-state index contributed by atoms with van der Waals surface area (Å²) >= 11 is 5.46. The summed E-state index contributed by atoms with van der Waals surface area (Å²) < 4.78 is 1.18. The smallest absolute Gasteiger partial charge is 0.0243 e. The highest BCUT2D eigenvalue weighted by atomic mass is 79.9. The van der Waals surface area contributed by atoms with Gasteiger partial charge in [0.05, 0.1) is 0 Å². The fourth-order valence-corrected chi connectivity index (χ4v) is 3.32. The Morgan fingerprint density at radius 1 is 1.11 bits per heavy atom. The van der Waals surface area contributed by atoms with Gasteiger partial charge in [0.2, 0.25) is 0 Å². The number of hydrogen-bond donors (Lipinski definition) is 1. The highest BCUT2D eigenvalue weighted by molar-refractivity contribution is 9.10. The van der Waals surface area contributed by atoms with Gasteiger partial charge in [0.1, 0.15) is 0 Å². The first-order valence-corrected chi connectivity index (χ1v) is 7.67. The minimum atomic E-state index is 0.920. The van der Waals surface area contributed by atoms with Gasteiger partial charge in [-0.05, 0) is 36.4 Å². The minimum absolute atomic E-state index is 0.920. The van der Waals surface area contributed by atoms with Gasteiger partial charge in [-0.3, -0.25) is 0 Å². The molecule has 0 amide bonds. The van der Waals surface area contributed by atoms with E-state index in [9.17, 15) is 0 Å². The maximum absolute atomic E-state index is 3.59. The molecule has 1 nitrogen and oxygen atoms in total. The van der Waals surface area contributed by atoms with E-state index in [2.05, 4.69) is 63.7 Å². The fourth-order valence-electron chi connectivity index (χ4n) is 1.73. The summed E-state index contributed by atoms with van der Waals surface area (Å²) in [6.07, 6.45) is 0. The molecule has 2 aromatic carbocycles. The van der Waals surface area contributed by atoms with Gasteiger partial charge in [-0.15, -0.1) is 11.8 Å². The Labute approximate surface area is 121 Å². The summed E-state index contributed by atoms with van der Waals surface area (Å²) in [7, 11) is 1.97. The molecule has 0 aliphatic heterocycles. The Bertz CT molecular complexity index is 513. The van der Waals surface area contributed by atoms with Gasteiger partial charge in [-0.25, -0.2) is 0 Å². The molecule has 2 aromatic rings. The van der Waals surface area contributed by atoms with E-state index < -0.39 is 0 Å². The highest BCUT2D eigenvalue weighted by Gasteiger charge is 2.01. The van der Waals surface area contributed by atoms with Crippen LogP contribution in [0.25, 0.3) is 0 Å². The maximum Gasteiger partial charge on any atom is 0.0243 e. The second-order valence-corrected chi connectivity index (χ2v) is 5.96. The molecule has 1 N–H and O–H groups in total. The Hall–Kier alpha value is -0.770. The van der Waals surface area contributed by atoms with E-state index in [1.807, 2.05) is 24.9 Å². The lowest BCUT2D eigenvalue weighted by Gasteiger charge is -2.06. The number of halogens is 1. The first-order valence-electron chi connectivity index (χ1n) is 5.89. The Kier molecular flexibility index (Phi) is 5.29. The second-order valence-electron chi connectivity index (χ2n) is 4.06. The predicted molar refractivity (Wildman–Crippen MR) is 82.9 cm³/mol. The third kappa shape index (κ3) is 3.87. The molecule has 3 heteroatoms. The lowest BCUT2D eigenvalue weighted by atomic mass is 10.2. The van der Waals surface area contributed by atoms with Gasteiger partial charge >= 0.3 is 0 Å². The Morgan fingerprint density at radius 2 is 1.94 bits per heavy atom. The van der Waals surface area contributed by atoms with E-state index in [1.54, 1.807) is 0 Å². The highest BCUT2D eigenvalue weighted by Crippen LogP contribution is 2.27. The Morgan fingerprint density at radius 3 is 2.72 bits per heavy atom. The molecule has 0 aromatic heterocycles. The van der Waals surface area contributed by atoms with Gasteiger partial charge < -0.3 is 5.32 Å². The molecule has 0 heterocycles. The number of hydrogen-bond acceptors (Lipinski definition) is 2. The van der Waals surface area contributed by atoms with Crippen LogP contribution in [0.5, 0.6) is 0 Å². The molecule has 0 radical (unpaired) electrons. The summed E-state index contributed by atoms with van der Waals surface area (Å²) in [6, 6.07) is 17.1. The molecule has 0 bridgehead atoms. The Balaban J connectivity index is 2.02. The van der Waals surface area contributed by atoms with Crippen molar-refractivity contribution in [3.05, 3.63) is 64.1 Å². The van der Waals surface area contributed by atoms with Crippen molar-refractivity contribution in [1.29, 1.82) is 0 Å². The molecule has 94 valence electrons. The molecule has 0 unspecified atom stereocenters. The van der Waals surface area contributed by atoms with Crippen LogP contribution in [-0.2, 0) is 12.3 Å². The molecule has 0 saturated heterocycles. The summed E-state index contributed by atoms with van der Waals surface area (Å²) in [5.41, 5.74) is 2.66. The summed E-state index contributed by atoms with van der Waals surface area (Å²) in [5, 5.41) is 3.18. The maximum atomic E-state index is 3.59. The quantitative estimate of drug-likeness (QED) is 0.816. The van der Waals surface area contributed by atoms with Gasteiger partial charge in [0.25, 0.3) is 0 Å². The van der Waals surface area contributed by atoms with Crippen LogP contribution in [0.4, 0.5) is 0 Å². The average Bonchev–Trinajstić information content (AvgIpc) is 2.39. The first kappa shape index (κ1) is 13.7. The summed E-state index contributed by atoms with van der Waals surface area (Å²) in [5.74, 6) is 0.991. The van der Waals surface area contributed by atoms with Gasteiger partial charge in [-0.2, -0.15) is 0 Å². The number of rotatable bonds is 5. The van der Waals surface area contributed by atoms with Gasteiger partial charge in [0.15, 0.2) is 0 Å². The third-order valence-electron chi connectivity index (χ3n) is 2.63. The van der Waals surface area contributed by atoms with Crippen LogP contribution >= 0.6 is 27.7 Å². The van der Waals surface area contributed by atoms with Crippen molar-refractivity contribution in [2.75, 3.05) is 7.05 Å². The summed E-state index contributed by atoms with van der Waals surface area (Å²) in [4.78, 5) is 1.32. The topological polar surface area (TPSA) is 12.0 Å². The van der Waals surface area contributed by atoms with Crippen LogP contribution in [0.2, 0.25) is 0 Å². The van der Waals surface area contributed by atoms with Crippen molar-refractivity contribution in [1.82, 2.24) is 5.32 Å². The molecular weight excluding hydrogens is 306 g/mol. The number of nitrogens with one attached hydrogen (secondary N) is 1. The first-order chi connectivity index (χ1) is 8.79. The zero-order valence-corrected chi connectivity index (χ0v) is 12.7. The molecule has 0 saturated carbocycles. The van der Waals surface area contributed by atoms with Crippen molar-refractivity contribution in [3.8, 4) is 0 Å². The van der Waals surface area contributed by atoms with Gasteiger partial charge in [0, 0.05) is 21.7 Å². The molecule has 0 aliphatic rings. The molecule has 0 fully saturated rings. The average molecular weight is 322 g/mol. The predicted octanol–water partition coefficient (Wildman–Crippen LogP) is 4.46. The largest absolute Gasteiger partial charge is 0.316 e. The standard InChI is InChI=1S/C15H16BrNS/c1-17-10-12-5-4-7-14(9-12)18-11-13-6-2-3-8-15(13)16/h2-9,17H,10-11H2,1H3. The van der Waals surface area contributed by atoms with E-state index in [-0.39, 0.29) is 0 Å². The number of thioether (sulfide) groups is 1. The summed E-state index contributed by atoms with van der Waals surface area (Å²) in [6.45, 7) is 0.920. The van der Waals surface area contributed by atoms with E-state index in [0.29, 0.717) is 0 Å². The second kappa shape index (κ2) is 6.98. The van der Waals surface area contributed by atoms with Crippen LogP contribution in [-0.4, -0.2) is 7.05 Å². The van der Waals surface area contributed by atoms with Crippen LogP contribution in [0.15, 0.2) is 57.9 Å². The lowest BCUT2D eigenvalue weighted by Crippen LogP contribution is -2.04. The van der Waals surface area contributed by atoms with Crippen LogP contribution in [0, 0.1) is 0 Å². The molecule has 2 rings (SSSR count). The van der Waals surface area contributed by atoms with Crippen LogP contribution in [0.1, 0.15) is 11.1 Å². The molecule has 18 heavy (non-hydrogen) atoms. The van der Waals surface area contributed by atoms with Crippen molar-refractivity contribution in [3.63, 3.8) is 0 Å². The van der Waals surface area contributed by atoms with E-state index in [4.69, 9.17) is 0 Å². The zero-order valence-electron chi connectivity index (χ0n) is 10.3. The fraction of sp³-hybridized carbons (Fsp3) is 0.200. The third-order valence-corrected chi connectivity index (χ3v) is 4.45. The number of benzene rings is 2. The van der Waals surface area contributed by atoms with Crippen molar-refractivity contribution in [2.45, 2.75) is 17.2 Å².